The number of hydrogen-bond acceptors (Lipinski definition) is 12. The highest BCUT2D eigenvalue weighted by atomic mass is 16.6. The first-order valence-corrected chi connectivity index (χ1v) is 13.3. The lowest BCUT2D eigenvalue weighted by molar-refractivity contribution is -0.137. The number of likely N-dealkylation sites (N-methyl/N-ethyl adjacent to an activating group) is 1. The van der Waals surface area contributed by atoms with E-state index in [4.69, 9.17) is 18.9 Å². The molecule has 0 unspecified atom stereocenters. The first kappa shape index (κ1) is 30.1. The van der Waals surface area contributed by atoms with Crippen LogP contribution in [0.5, 0.6) is 0 Å². The Morgan fingerprint density at radius 3 is 2.49 bits per heavy atom. The van der Waals surface area contributed by atoms with Gasteiger partial charge in [0, 0.05) is 19.6 Å². The number of ether oxygens (including phenoxy) is 4. The standard InChI is InChI=1S/C26H35N7O8/c1-2-27-24(36)21-19(34)20(35)25(41-21)33-16-32-18-22(30-15-31-23(18)33)28-8-10-38-12-13-39-11-9-29-26(37)40-14-17-6-4-3-5-7-17/h3-7,15-16,19-21,25,34-35H,2,8-14H2,1H3,(H,27,36)(H,29,37)(H,28,30,31)/t19-,20+,21-,25+/m0/s1. The number of hydrogen-bond donors (Lipinski definition) is 5. The molecule has 1 saturated heterocycles. The first-order chi connectivity index (χ1) is 20.0. The van der Waals surface area contributed by atoms with Crippen LogP contribution in [0.15, 0.2) is 43.0 Å². The molecule has 41 heavy (non-hydrogen) atoms. The summed E-state index contributed by atoms with van der Waals surface area (Å²) in [5.41, 5.74) is 1.70. The van der Waals surface area contributed by atoms with Crippen molar-refractivity contribution >= 4 is 29.0 Å². The molecule has 5 N–H and O–H groups in total. The predicted molar refractivity (Wildman–Crippen MR) is 145 cm³/mol. The second-order valence-electron chi connectivity index (χ2n) is 9.01. The van der Waals surface area contributed by atoms with Crippen LogP contribution in [0.1, 0.15) is 18.7 Å². The van der Waals surface area contributed by atoms with Gasteiger partial charge < -0.3 is 45.1 Å². The van der Waals surface area contributed by atoms with Crippen molar-refractivity contribution in [2.75, 3.05) is 51.4 Å². The fraction of sp³-hybridized carbons (Fsp3) is 0.500. The molecule has 0 saturated carbocycles. The number of aliphatic hydroxyl groups is 2. The van der Waals surface area contributed by atoms with Gasteiger partial charge in [-0.3, -0.25) is 9.36 Å². The zero-order valence-corrected chi connectivity index (χ0v) is 22.6. The minimum absolute atomic E-state index is 0.208. The van der Waals surface area contributed by atoms with Gasteiger partial charge in [0.25, 0.3) is 5.91 Å². The Hall–Kier alpha value is -3.89. The third kappa shape index (κ3) is 8.08. The maximum atomic E-state index is 12.2. The minimum Gasteiger partial charge on any atom is -0.445 e. The number of benzene rings is 1. The molecule has 3 aromatic rings. The van der Waals surface area contributed by atoms with Crippen molar-refractivity contribution in [2.24, 2.45) is 0 Å². The van der Waals surface area contributed by atoms with Gasteiger partial charge in [-0.05, 0) is 12.5 Å². The van der Waals surface area contributed by atoms with E-state index in [0.717, 1.165) is 5.56 Å². The van der Waals surface area contributed by atoms with Gasteiger partial charge in [-0.25, -0.2) is 19.7 Å². The number of amides is 2. The van der Waals surface area contributed by atoms with Crippen LogP contribution in [-0.4, -0.2) is 106 Å². The monoisotopic (exact) mass is 573 g/mol. The Bertz CT molecular complexity index is 1260. The van der Waals surface area contributed by atoms with Crippen LogP contribution < -0.4 is 16.0 Å². The van der Waals surface area contributed by atoms with Gasteiger partial charge in [-0.1, -0.05) is 30.3 Å². The van der Waals surface area contributed by atoms with Crippen molar-refractivity contribution in [3.63, 3.8) is 0 Å². The molecule has 4 atom stereocenters. The van der Waals surface area contributed by atoms with Gasteiger partial charge in [0.05, 0.1) is 32.8 Å². The number of aliphatic hydroxyl groups excluding tert-OH is 2. The van der Waals surface area contributed by atoms with Crippen LogP contribution >= 0.6 is 0 Å². The Morgan fingerprint density at radius 2 is 1.73 bits per heavy atom. The molecule has 1 aliphatic rings. The highest BCUT2D eigenvalue weighted by Crippen LogP contribution is 2.32. The molecular formula is C26H35N7O8. The zero-order chi connectivity index (χ0) is 29.0. The molecule has 3 heterocycles. The van der Waals surface area contributed by atoms with E-state index in [1.807, 2.05) is 30.3 Å². The van der Waals surface area contributed by atoms with Crippen molar-refractivity contribution in [3.8, 4) is 0 Å². The quantitative estimate of drug-likeness (QED) is 0.153. The lowest BCUT2D eigenvalue weighted by atomic mass is 10.1. The van der Waals surface area contributed by atoms with Crippen LogP contribution in [-0.2, 0) is 30.3 Å². The second kappa shape index (κ2) is 15.2. The number of carbonyl (C=O) groups excluding carboxylic acids is 2. The molecule has 1 fully saturated rings. The lowest BCUT2D eigenvalue weighted by Gasteiger charge is -2.16. The minimum atomic E-state index is -1.40. The van der Waals surface area contributed by atoms with Crippen LogP contribution in [0.3, 0.4) is 0 Å². The number of nitrogens with zero attached hydrogens (tertiary/aromatic N) is 4. The van der Waals surface area contributed by atoms with Crippen LogP contribution in [0.25, 0.3) is 11.2 Å². The van der Waals surface area contributed by atoms with E-state index < -0.39 is 36.5 Å². The topological polar surface area (TPSA) is 191 Å². The molecule has 2 amide bonds. The van der Waals surface area contributed by atoms with Gasteiger partial charge in [0.15, 0.2) is 29.3 Å². The van der Waals surface area contributed by atoms with Gasteiger partial charge in [0.2, 0.25) is 0 Å². The number of carbonyl (C=O) groups is 2. The number of imidazole rings is 1. The molecule has 222 valence electrons. The summed E-state index contributed by atoms with van der Waals surface area (Å²) in [7, 11) is 0. The fourth-order valence-electron chi connectivity index (χ4n) is 4.11. The average Bonchev–Trinajstić information content (AvgIpc) is 3.54. The summed E-state index contributed by atoms with van der Waals surface area (Å²) in [6.07, 6.45) is -2.78. The largest absolute Gasteiger partial charge is 0.445 e. The van der Waals surface area contributed by atoms with Crippen molar-refractivity contribution < 1.29 is 38.7 Å². The van der Waals surface area contributed by atoms with Crippen LogP contribution in [0.4, 0.5) is 10.6 Å². The van der Waals surface area contributed by atoms with E-state index in [1.54, 1.807) is 6.92 Å². The number of fused-ring (bicyclic) bond motifs is 1. The van der Waals surface area contributed by atoms with Gasteiger partial charge in [-0.2, -0.15) is 0 Å². The lowest BCUT2D eigenvalue weighted by Crippen LogP contribution is -2.42. The number of alkyl carbamates (subject to hydrolysis) is 1. The van der Waals surface area contributed by atoms with E-state index in [9.17, 15) is 19.8 Å². The fourth-order valence-corrected chi connectivity index (χ4v) is 4.11. The maximum Gasteiger partial charge on any atom is 0.407 e. The van der Waals surface area contributed by atoms with E-state index in [0.29, 0.717) is 63.0 Å². The van der Waals surface area contributed by atoms with Crippen molar-refractivity contribution in [1.29, 1.82) is 0 Å². The summed E-state index contributed by atoms with van der Waals surface area (Å²) in [6.45, 7) is 4.47. The molecule has 1 aromatic carbocycles. The molecular weight excluding hydrogens is 538 g/mol. The molecule has 0 spiro atoms. The van der Waals surface area contributed by atoms with E-state index in [2.05, 4.69) is 30.9 Å². The molecule has 15 nitrogen and oxygen atoms in total. The average molecular weight is 574 g/mol. The normalized spacial score (nSPS) is 20.2. The summed E-state index contributed by atoms with van der Waals surface area (Å²) < 4.78 is 23.3. The number of aromatic nitrogens is 4. The summed E-state index contributed by atoms with van der Waals surface area (Å²) >= 11 is 0. The molecule has 0 bridgehead atoms. The van der Waals surface area contributed by atoms with Crippen molar-refractivity contribution in [2.45, 2.75) is 38.1 Å². The highest BCUT2D eigenvalue weighted by Gasteiger charge is 2.47. The molecule has 2 aromatic heterocycles. The highest BCUT2D eigenvalue weighted by molar-refractivity contribution is 5.83. The summed E-state index contributed by atoms with van der Waals surface area (Å²) in [5.74, 6) is -0.0589. The van der Waals surface area contributed by atoms with Gasteiger partial charge in [0.1, 0.15) is 25.1 Å². The third-order valence-corrected chi connectivity index (χ3v) is 6.12. The molecule has 4 rings (SSSR count). The molecule has 0 aliphatic carbocycles. The smallest absolute Gasteiger partial charge is 0.407 e. The predicted octanol–water partition coefficient (Wildman–Crippen LogP) is -0.0469. The van der Waals surface area contributed by atoms with Crippen LogP contribution in [0, 0.1) is 0 Å². The zero-order valence-electron chi connectivity index (χ0n) is 22.6. The Balaban J connectivity index is 1.12. The van der Waals surface area contributed by atoms with Crippen LogP contribution in [0.2, 0.25) is 0 Å². The summed E-state index contributed by atoms with van der Waals surface area (Å²) in [6, 6.07) is 9.42. The van der Waals surface area contributed by atoms with Crippen molar-refractivity contribution in [3.05, 3.63) is 48.5 Å². The number of anilines is 1. The second-order valence-corrected chi connectivity index (χ2v) is 9.01. The Labute approximate surface area is 236 Å². The SMILES string of the molecule is CCNC(=O)[C@H]1O[C@@H](n2cnc3c(NCCOCCOCCNC(=O)OCc4ccccc4)ncnc32)[C@H](O)[C@@H]1O. The van der Waals surface area contributed by atoms with Gasteiger partial charge in [-0.15, -0.1) is 0 Å². The molecule has 1 aliphatic heterocycles. The van der Waals surface area contributed by atoms with E-state index in [-0.39, 0.29) is 6.61 Å². The number of rotatable bonds is 15. The first-order valence-electron chi connectivity index (χ1n) is 13.3. The van der Waals surface area contributed by atoms with Gasteiger partial charge >= 0.3 is 6.09 Å². The van der Waals surface area contributed by atoms with Crippen molar-refractivity contribution in [1.82, 2.24) is 30.2 Å². The molecule has 0 radical (unpaired) electrons. The van der Waals surface area contributed by atoms with E-state index >= 15 is 0 Å². The summed E-state index contributed by atoms with van der Waals surface area (Å²) in [5, 5.41) is 29.2. The Kier molecular flexibility index (Phi) is 11.2. The van der Waals surface area contributed by atoms with E-state index in [1.165, 1.54) is 17.2 Å². The number of nitrogens with one attached hydrogen (secondary N) is 3. The summed E-state index contributed by atoms with van der Waals surface area (Å²) in [4.78, 5) is 36.7. The molecule has 15 heteroatoms. The third-order valence-electron chi connectivity index (χ3n) is 6.12. The maximum absolute atomic E-state index is 12.2. The Morgan fingerprint density at radius 1 is 0.976 bits per heavy atom.